The van der Waals surface area contributed by atoms with Crippen LogP contribution >= 0.6 is 11.7 Å². The van der Waals surface area contributed by atoms with Gasteiger partial charge < -0.3 is 19.5 Å². The molecule has 0 bridgehead atoms. The minimum atomic E-state index is -0.516. The Kier molecular flexibility index (Phi) is 5.34. The molecule has 1 aromatic carbocycles. The van der Waals surface area contributed by atoms with Crippen molar-refractivity contribution in [3.8, 4) is 0 Å². The summed E-state index contributed by atoms with van der Waals surface area (Å²) in [5.74, 6) is -0.547. The Morgan fingerprint density at radius 3 is 2.84 bits per heavy atom. The van der Waals surface area contributed by atoms with Gasteiger partial charge in [0.15, 0.2) is 0 Å². The van der Waals surface area contributed by atoms with Crippen molar-refractivity contribution < 1.29 is 14.3 Å². The number of para-hydroxylation sites is 1. The highest BCUT2D eigenvalue weighted by Crippen LogP contribution is 2.43. The Bertz CT molecular complexity index is 1220. The maximum atomic E-state index is 13.7. The van der Waals surface area contributed by atoms with Crippen LogP contribution in [0.5, 0.6) is 0 Å². The fourth-order valence-electron chi connectivity index (χ4n) is 5.06. The summed E-state index contributed by atoms with van der Waals surface area (Å²) in [7, 11) is 1.94. The molecular formula is C22H25N5O4S. The molecule has 3 aromatic rings. The van der Waals surface area contributed by atoms with E-state index in [0.29, 0.717) is 25.3 Å². The first-order valence-electron chi connectivity index (χ1n) is 10.7. The van der Waals surface area contributed by atoms with Gasteiger partial charge in [0, 0.05) is 68.2 Å². The zero-order valence-corrected chi connectivity index (χ0v) is 18.6. The number of ether oxygens (including phenoxy) is 1. The van der Waals surface area contributed by atoms with Crippen LogP contribution in [-0.2, 0) is 11.8 Å². The van der Waals surface area contributed by atoms with Gasteiger partial charge in [-0.1, -0.05) is 18.2 Å². The van der Waals surface area contributed by atoms with Crippen molar-refractivity contribution in [2.24, 2.45) is 12.5 Å². The van der Waals surface area contributed by atoms with E-state index in [9.17, 15) is 14.4 Å². The predicted molar refractivity (Wildman–Crippen MR) is 120 cm³/mol. The number of hydrogen-bond acceptors (Lipinski definition) is 6. The standard InChI is InChI=1S/C22H25N5O4S/c1-26-12-16(15-4-2-3-5-17(15)26)21(30)27-13-22(6-8-31-9-7-22)10-14(27)11-23-19(28)18-20(29)25-32-24-18/h2-5,12,14H,6-11,13H2,1H3,(H,23,28)(H,25,29). The molecule has 1 unspecified atom stereocenters. The predicted octanol–water partition coefficient (Wildman–Crippen LogP) is 1.76. The number of aryl methyl sites for hydroxylation is 1. The van der Waals surface area contributed by atoms with Gasteiger partial charge in [-0.15, -0.1) is 0 Å². The van der Waals surface area contributed by atoms with E-state index in [1.54, 1.807) is 0 Å². The largest absolute Gasteiger partial charge is 0.381 e. The van der Waals surface area contributed by atoms with E-state index < -0.39 is 11.5 Å². The molecule has 10 heteroatoms. The summed E-state index contributed by atoms with van der Waals surface area (Å²) in [4.78, 5) is 39.8. The molecule has 32 heavy (non-hydrogen) atoms. The topological polar surface area (TPSA) is 109 Å². The number of amides is 2. The van der Waals surface area contributed by atoms with Gasteiger partial charge >= 0.3 is 0 Å². The first-order valence-corrected chi connectivity index (χ1v) is 11.5. The molecule has 2 aliphatic heterocycles. The molecule has 2 aliphatic rings. The first kappa shape index (κ1) is 20.9. The fraction of sp³-hybridized carbons (Fsp3) is 0.455. The summed E-state index contributed by atoms with van der Waals surface area (Å²) in [6.07, 6.45) is 4.46. The molecule has 2 aromatic heterocycles. The summed E-state index contributed by atoms with van der Waals surface area (Å²) in [6.45, 7) is 2.28. The highest BCUT2D eigenvalue weighted by Gasteiger charge is 2.47. The maximum absolute atomic E-state index is 13.7. The number of H-pyrrole nitrogens is 1. The fourth-order valence-corrected chi connectivity index (χ4v) is 5.54. The molecule has 2 fully saturated rings. The van der Waals surface area contributed by atoms with Crippen LogP contribution in [0.1, 0.15) is 40.1 Å². The van der Waals surface area contributed by atoms with Gasteiger partial charge in [0.1, 0.15) is 0 Å². The lowest BCUT2D eigenvalue weighted by Crippen LogP contribution is -2.44. The third-order valence-corrected chi connectivity index (χ3v) is 7.31. The molecular weight excluding hydrogens is 430 g/mol. The van der Waals surface area contributed by atoms with E-state index >= 15 is 0 Å². The number of likely N-dealkylation sites (tertiary alicyclic amines) is 1. The van der Waals surface area contributed by atoms with Crippen molar-refractivity contribution in [3.05, 3.63) is 52.1 Å². The number of fused-ring (bicyclic) bond motifs is 1. The lowest BCUT2D eigenvalue weighted by molar-refractivity contribution is 0.0190. The number of hydrogen-bond donors (Lipinski definition) is 2. The van der Waals surface area contributed by atoms with Crippen LogP contribution in [0.2, 0.25) is 0 Å². The lowest BCUT2D eigenvalue weighted by Gasteiger charge is -2.33. The number of carbonyl (C=O) groups excluding carboxylic acids is 2. The third kappa shape index (κ3) is 3.63. The van der Waals surface area contributed by atoms with Crippen LogP contribution in [0.4, 0.5) is 0 Å². The molecule has 2 amide bonds. The minimum Gasteiger partial charge on any atom is -0.381 e. The number of aromatic nitrogens is 3. The van der Waals surface area contributed by atoms with Gasteiger partial charge in [0.05, 0.1) is 5.56 Å². The molecule has 4 heterocycles. The van der Waals surface area contributed by atoms with Crippen molar-refractivity contribution in [3.63, 3.8) is 0 Å². The average Bonchev–Trinajstić information content (AvgIpc) is 3.48. The molecule has 0 radical (unpaired) electrons. The van der Waals surface area contributed by atoms with Crippen molar-refractivity contribution in [1.82, 2.24) is 23.5 Å². The summed E-state index contributed by atoms with van der Waals surface area (Å²) in [6, 6.07) is 7.70. The van der Waals surface area contributed by atoms with E-state index in [-0.39, 0.29) is 29.6 Å². The third-order valence-electron chi connectivity index (χ3n) is 6.76. The Morgan fingerprint density at radius 2 is 2.09 bits per heavy atom. The zero-order valence-electron chi connectivity index (χ0n) is 17.8. The van der Waals surface area contributed by atoms with Gasteiger partial charge in [0.25, 0.3) is 17.4 Å². The second-order valence-corrected chi connectivity index (χ2v) is 9.32. The van der Waals surface area contributed by atoms with E-state index in [0.717, 1.165) is 41.9 Å². The summed E-state index contributed by atoms with van der Waals surface area (Å²) in [5.41, 5.74) is 1.03. The SMILES string of the molecule is Cn1cc(C(=O)N2CC3(CCOCC3)CC2CNC(=O)c2ns[nH]c2=O)c2ccccc21. The van der Waals surface area contributed by atoms with Crippen molar-refractivity contribution in [2.45, 2.75) is 25.3 Å². The minimum absolute atomic E-state index is 0.00795. The summed E-state index contributed by atoms with van der Waals surface area (Å²) in [5, 5.41) is 3.74. The van der Waals surface area contributed by atoms with Crippen LogP contribution in [0.3, 0.4) is 0 Å². The molecule has 168 valence electrons. The molecule has 5 rings (SSSR count). The Hall–Kier alpha value is -2.98. The van der Waals surface area contributed by atoms with Crippen LogP contribution in [0, 0.1) is 5.41 Å². The Balaban J connectivity index is 1.42. The van der Waals surface area contributed by atoms with E-state index in [1.807, 2.05) is 47.0 Å². The smallest absolute Gasteiger partial charge is 0.291 e. The van der Waals surface area contributed by atoms with Crippen LogP contribution < -0.4 is 10.9 Å². The van der Waals surface area contributed by atoms with Gasteiger partial charge in [-0.05, 0) is 30.7 Å². The van der Waals surface area contributed by atoms with Crippen LogP contribution in [-0.4, -0.2) is 62.4 Å². The number of benzene rings is 1. The molecule has 9 nitrogen and oxygen atoms in total. The van der Waals surface area contributed by atoms with Gasteiger partial charge in [0.2, 0.25) is 5.69 Å². The van der Waals surface area contributed by atoms with E-state index in [4.69, 9.17) is 4.74 Å². The quantitative estimate of drug-likeness (QED) is 0.623. The summed E-state index contributed by atoms with van der Waals surface area (Å²) >= 11 is 0.847. The average molecular weight is 456 g/mol. The molecule has 2 saturated heterocycles. The van der Waals surface area contributed by atoms with Crippen LogP contribution in [0.15, 0.2) is 35.3 Å². The second kappa shape index (κ2) is 8.18. The monoisotopic (exact) mass is 455 g/mol. The second-order valence-electron chi connectivity index (χ2n) is 8.75. The highest BCUT2D eigenvalue weighted by molar-refractivity contribution is 6.99. The Labute approximate surface area is 188 Å². The summed E-state index contributed by atoms with van der Waals surface area (Å²) < 4.78 is 13.8. The number of rotatable bonds is 4. The first-order chi connectivity index (χ1) is 15.5. The molecule has 1 spiro atoms. The van der Waals surface area contributed by atoms with Crippen molar-refractivity contribution in [1.29, 1.82) is 0 Å². The van der Waals surface area contributed by atoms with Gasteiger partial charge in [-0.2, -0.15) is 4.37 Å². The number of carbonyl (C=O) groups is 2. The Morgan fingerprint density at radius 1 is 1.31 bits per heavy atom. The number of aromatic amines is 1. The number of nitrogens with one attached hydrogen (secondary N) is 2. The lowest BCUT2D eigenvalue weighted by atomic mass is 9.78. The van der Waals surface area contributed by atoms with Crippen molar-refractivity contribution >= 4 is 34.4 Å². The van der Waals surface area contributed by atoms with Crippen molar-refractivity contribution in [2.75, 3.05) is 26.3 Å². The molecule has 0 aliphatic carbocycles. The van der Waals surface area contributed by atoms with E-state index in [1.165, 1.54) is 0 Å². The molecule has 0 saturated carbocycles. The zero-order chi connectivity index (χ0) is 22.3. The molecule has 1 atom stereocenters. The molecule has 2 N–H and O–H groups in total. The highest BCUT2D eigenvalue weighted by atomic mass is 32.1. The number of nitrogens with zero attached hydrogens (tertiary/aromatic N) is 3. The van der Waals surface area contributed by atoms with Gasteiger partial charge in [-0.3, -0.25) is 18.8 Å². The maximum Gasteiger partial charge on any atom is 0.291 e. The van der Waals surface area contributed by atoms with Gasteiger partial charge in [-0.25, -0.2) is 0 Å². The normalized spacial score (nSPS) is 20.2. The van der Waals surface area contributed by atoms with E-state index in [2.05, 4.69) is 14.1 Å². The van der Waals surface area contributed by atoms with Crippen LogP contribution in [0.25, 0.3) is 10.9 Å².